The Hall–Kier alpha value is -1.56. The van der Waals surface area contributed by atoms with Gasteiger partial charge in [-0.1, -0.05) is 22.0 Å². The maximum Gasteiger partial charge on any atom is 0.407 e. The summed E-state index contributed by atoms with van der Waals surface area (Å²) in [6.07, 6.45) is -0.456. The van der Waals surface area contributed by atoms with Gasteiger partial charge in [-0.05, 0) is 39.0 Å². The number of nitrogens with one attached hydrogen (secondary N) is 4. The number of hydrogen-bond acceptors (Lipinski definition) is 4. The Morgan fingerprint density at radius 1 is 1.04 bits per heavy atom. The van der Waals surface area contributed by atoms with Crippen molar-refractivity contribution in [1.29, 1.82) is 0 Å². The number of halogens is 2. The first-order valence-electron chi connectivity index (χ1n) is 8.66. The molecule has 1 aromatic carbocycles. The van der Waals surface area contributed by atoms with Crippen LogP contribution in [0.2, 0.25) is 0 Å². The maximum absolute atomic E-state index is 12.0. The van der Waals surface area contributed by atoms with Crippen LogP contribution in [0.3, 0.4) is 0 Å². The van der Waals surface area contributed by atoms with Crippen LogP contribution in [-0.4, -0.2) is 56.8 Å². The molecule has 0 heterocycles. The summed E-state index contributed by atoms with van der Waals surface area (Å²) in [6.45, 7) is 7.28. The minimum absolute atomic E-state index is 0. The van der Waals surface area contributed by atoms with Crippen molar-refractivity contribution < 1.29 is 14.3 Å². The van der Waals surface area contributed by atoms with Crippen LogP contribution in [0.15, 0.2) is 33.7 Å². The molecule has 0 bridgehead atoms. The molecule has 4 N–H and O–H groups in total. The fourth-order valence-corrected chi connectivity index (χ4v) is 2.37. The average molecular weight is 570 g/mol. The summed E-state index contributed by atoms with van der Waals surface area (Å²) in [6, 6.07) is 7.20. The van der Waals surface area contributed by atoms with Crippen LogP contribution in [0.25, 0.3) is 0 Å². The van der Waals surface area contributed by atoms with Gasteiger partial charge in [0.1, 0.15) is 5.60 Å². The van der Waals surface area contributed by atoms with Crippen LogP contribution >= 0.6 is 39.9 Å². The molecule has 0 aliphatic carbocycles. The molecule has 0 spiro atoms. The Morgan fingerprint density at radius 3 is 2.14 bits per heavy atom. The van der Waals surface area contributed by atoms with Crippen molar-refractivity contribution in [3.05, 3.63) is 34.3 Å². The Labute approximate surface area is 191 Å². The Kier molecular flexibility index (Phi) is 12.8. The zero-order valence-electron chi connectivity index (χ0n) is 16.6. The maximum atomic E-state index is 12.0. The van der Waals surface area contributed by atoms with Crippen molar-refractivity contribution in [1.82, 2.24) is 21.3 Å². The first-order chi connectivity index (χ1) is 12.7. The number of hydrogen-bond donors (Lipinski definition) is 4. The zero-order valence-corrected chi connectivity index (χ0v) is 20.5. The molecule has 8 nitrogen and oxygen atoms in total. The van der Waals surface area contributed by atoms with E-state index >= 15 is 0 Å². The second-order valence-electron chi connectivity index (χ2n) is 6.62. The Morgan fingerprint density at radius 2 is 1.61 bits per heavy atom. The number of carbonyl (C=O) groups is 2. The standard InChI is InChI=1S/C18H28BrN5O3.HI/c1-18(2,3)27-17(26)24-11-10-23-16(20-4)22-9-8-21-15(25)13-6-5-7-14(19)12-13;/h5-7,12H,8-11H2,1-4H3,(H,21,25)(H,24,26)(H2,20,22,23);1H. The van der Waals surface area contributed by atoms with Crippen LogP contribution < -0.4 is 21.3 Å². The molecule has 1 aromatic rings. The molecule has 2 amide bonds. The molecule has 0 aromatic heterocycles. The van der Waals surface area contributed by atoms with E-state index in [9.17, 15) is 9.59 Å². The largest absolute Gasteiger partial charge is 0.444 e. The van der Waals surface area contributed by atoms with Crippen LogP contribution in [0.4, 0.5) is 4.79 Å². The number of guanidine groups is 1. The summed E-state index contributed by atoms with van der Waals surface area (Å²) in [5.41, 5.74) is 0.0788. The van der Waals surface area contributed by atoms with E-state index in [1.807, 2.05) is 32.9 Å². The molecule has 0 saturated heterocycles. The highest BCUT2D eigenvalue weighted by atomic mass is 127. The lowest BCUT2D eigenvalue weighted by Crippen LogP contribution is -2.44. The number of rotatable bonds is 7. The third kappa shape index (κ3) is 12.0. The number of carbonyl (C=O) groups excluding carboxylic acids is 2. The van der Waals surface area contributed by atoms with E-state index in [2.05, 4.69) is 42.2 Å². The van der Waals surface area contributed by atoms with Gasteiger partial charge in [0.25, 0.3) is 5.91 Å². The summed E-state index contributed by atoms with van der Waals surface area (Å²) >= 11 is 3.34. The molecule has 0 aliphatic rings. The highest BCUT2D eigenvalue weighted by molar-refractivity contribution is 14.0. The Bertz CT molecular complexity index is 665. The molecule has 158 valence electrons. The lowest BCUT2D eigenvalue weighted by Gasteiger charge is -2.20. The molecule has 0 aliphatic heterocycles. The third-order valence-electron chi connectivity index (χ3n) is 3.10. The number of nitrogens with zero attached hydrogens (tertiary/aromatic N) is 1. The highest BCUT2D eigenvalue weighted by Crippen LogP contribution is 2.11. The fourth-order valence-electron chi connectivity index (χ4n) is 1.97. The molecule has 0 unspecified atom stereocenters. The summed E-state index contributed by atoms with van der Waals surface area (Å²) in [5, 5.41) is 11.6. The van der Waals surface area contributed by atoms with Crippen molar-refractivity contribution in [3.8, 4) is 0 Å². The van der Waals surface area contributed by atoms with E-state index in [0.717, 1.165) is 4.47 Å². The lowest BCUT2D eigenvalue weighted by molar-refractivity contribution is 0.0528. The normalized spacial score (nSPS) is 11.1. The second-order valence-corrected chi connectivity index (χ2v) is 7.54. The SMILES string of the molecule is CN=C(NCCNC(=O)OC(C)(C)C)NCCNC(=O)c1cccc(Br)c1.I. The van der Waals surface area contributed by atoms with Gasteiger partial charge < -0.3 is 26.0 Å². The smallest absolute Gasteiger partial charge is 0.407 e. The van der Waals surface area contributed by atoms with Gasteiger partial charge >= 0.3 is 6.09 Å². The van der Waals surface area contributed by atoms with Crippen LogP contribution in [0, 0.1) is 0 Å². The van der Waals surface area contributed by atoms with E-state index in [1.165, 1.54) is 0 Å². The van der Waals surface area contributed by atoms with Gasteiger partial charge in [-0.25, -0.2) is 4.79 Å². The minimum Gasteiger partial charge on any atom is -0.444 e. The van der Waals surface area contributed by atoms with Crippen molar-refractivity contribution in [2.45, 2.75) is 26.4 Å². The minimum atomic E-state index is -0.518. The molecule has 0 radical (unpaired) electrons. The number of ether oxygens (including phenoxy) is 1. The van der Waals surface area contributed by atoms with Gasteiger partial charge in [0, 0.05) is 43.3 Å². The molecule has 28 heavy (non-hydrogen) atoms. The van der Waals surface area contributed by atoms with E-state index in [0.29, 0.717) is 37.7 Å². The molecule has 10 heteroatoms. The van der Waals surface area contributed by atoms with Crippen LogP contribution in [0.5, 0.6) is 0 Å². The van der Waals surface area contributed by atoms with E-state index < -0.39 is 11.7 Å². The van der Waals surface area contributed by atoms with Crippen molar-refractivity contribution in [2.24, 2.45) is 4.99 Å². The molecular formula is C18H29BrIN5O3. The Balaban J connectivity index is 0.00000729. The zero-order chi connectivity index (χ0) is 20.3. The summed E-state index contributed by atoms with van der Waals surface area (Å²) in [7, 11) is 1.65. The molecule has 0 atom stereocenters. The monoisotopic (exact) mass is 569 g/mol. The van der Waals surface area contributed by atoms with Crippen molar-refractivity contribution in [2.75, 3.05) is 33.2 Å². The van der Waals surface area contributed by atoms with Gasteiger partial charge in [-0.15, -0.1) is 24.0 Å². The number of aliphatic imine (C=N–C) groups is 1. The quantitative estimate of drug-likeness (QED) is 0.175. The lowest BCUT2D eigenvalue weighted by atomic mass is 10.2. The van der Waals surface area contributed by atoms with Crippen molar-refractivity contribution >= 4 is 57.9 Å². The van der Waals surface area contributed by atoms with Gasteiger partial charge in [-0.3, -0.25) is 9.79 Å². The predicted octanol–water partition coefficient (Wildman–Crippen LogP) is 2.49. The first-order valence-corrected chi connectivity index (χ1v) is 9.45. The summed E-state index contributed by atoms with van der Waals surface area (Å²) in [4.78, 5) is 27.6. The molecular weight excluding hydrogens is 541 g/mol. The number of alkyl carbamates (subject to hydrolysis) is 1. The van der Waals surface area contributed by atoms with Crippen molar-refractivity contribution in [3.63, 3.8) is 0 Å². The predicted molar refractivity (Wildman–Crippen MR) is 125 cm³/mol. The van der Waals surface area contributed by atoms with Gasteiger partial charge in [-0.2, -0.15) is 0 Å². The summed E-state index contributed by atoms with van der Waals surface area (Å²) < 4.78 is 6.01. The highest BCUT2D eigenvalue weighted by Gasteiger charge is 2.15. The van der Waals surface area contributed by atoms with Crippen LogP contribution in [0.1, 0.15) is 31.1 Å². The fraction of sp³-hybridized carbons (Fsp3) is 0.500. The molecule has 0 saturated carbocycles. The van der Waals surface area contributed by atoms with E-state index in [1.54, 1.807) is 19.2 Å². The summed E-state index contributed by atoms with van der Waals surface area (Å²) in [5.74, 6) is 0.445. The van der Waals surface area contributed by atoms with Gasteiger partial charge in [0.05, 0.1) is 0 Å². The topological polar surface area (TPSA) is 104 Å². The first kappa shape index (κ1) is 26.4. The van der Waals surface area contributed by atoms with E-state index in [-0.39, 0.29) is 29.9 Å². The second kappa shape index (κ2) is 13.6. The average Bonchev–Trinajstić information content (AvgIpc) is 2.58. The molecule has 1 rings (SSSR count). The van der Waals surface area contributed by atoms with E-state index in [4.69, 9.17) is 4.74 Å². The number of benzene rings is 1. The van der Waals surface area contributed by atoms with Crippen LogP contribution in [-0.2, 0) is 4.74 Å². The van der Waals surface area contributed by atoms with Gasteiger partial charge in [0.15, 0.2) is 5.96 Å². The third-order valence-corrected chi connectivity index (χ3v) is 3.59. The molecule has 0 fully saturated rings. The number of amides is 2. The van der Waals surface area contributed by atoms with Gasteiger partial charge in [0.2, 0.25) is 0 Å².